The van der Waals surface area contributed by atoms with Gasteiger partial charge in [0.05, 0.1) is 11.4 Å². The molecule has 0 atom stereocenters. The molecule has 1 amide bonds. The Morgan fingerprint density at radius 2 is 1.84 bits per heavy atom. The van der Waals surface area contributed by atoms with Crippen LogP contribution >= 0.6 is 0 Å². The lowest BCUT2D eigenvalue weighted by molar-refractivity contribution is -0.130. The summed E-state index contributed by atoms with van der Waals surface area (Å²) in [6, 6.07) is 8.63. The largest absolute Gasteiger partial charge is 0.464 e. The first-order valence-corrected chi connectivity index (χ1v) is 9.53. The first-order valence-electron chi connectivity index (χ1n) is 8.05. The van der Waals surface area contributed by atoms with Crippen molar-refractivity contribution in [3.05, 3.63) is 53.0 Å². The third kappa shape index (κ3) is 5.17. The summed E-state index contributed by atoms with van der Waals surface area (Å²) >= 11 is 0. The van der Waals surface area contributed by atoms with Crippen molar-refractivity contribution in [2.24, 2.45) is 0 Å². The van der Waals surface area contributed by atoms with Crippen LogP contribution < -0.4 is 4.72 Å². The first kappa shape index (κ1) is 19.2. The topological polar surface area (TPSA) is 79.6 Å². The minimum atomic E-state index is -3.62. The summed E-state index contributed by atoms with van der Waals surface area (Å²) in [5.74, 6) is 1.33. The van der Waals surface area contributed by atoms with Gasteiger partial charge in [0.1, 0.15) is 11.5 Å². The third-order valence-corrected chi connectivity index (χ3v) is 5.49. The number of hydrogen-bond acceptors (Lipinski definition) is 4. The van der Waals surface area contributed by atoms with Gasteiger partial charge >= 0.3 is 0 Å². The molecule has 1 aromatic carbocycles. The van der Waals surface area contributed by atoms with Crippen molar-refractivity contribution in [1.29, 1.82) is 0 Å². The molecule has 0 saturated carbocycles. The SMILES string of the molecule is Cc1ccc(CN(C)C(=O)CCNS(=O)(=O)c2ccc(C)c(C)c2)o1. The van der Waals surface area contributed by atoms with E-state index in [2.05, 4.69) is 4.72 Å². The predicted octanol–water partition coefficient (Wildman–Crippen LogP) is 2.53. The smallest absolute Gasteiger partial charge is 0.240 e. The number of nitrogens with one attached hydrogen (secondary N) is 1. The van der Waals surface area contributed by atoms with E-state index in [1.54, 1.807) is 25.2 Å². The van der Waals surface area contributed by atoms with Gasteiger partial charge in [0.2, 0.25) is 15.9 Å². The lowest BCUT2D eigenvalue weighted by Crippen LogP contribution is -2.31. The molecule has 0 bridgehead atoms. The Morgan fingerprint density at radius 1 is 1.12 bits per heavy atom. The van der Waals surface area contributed by atoms with Gasteiger partial charge in [0.15, 0.2) is 0 Å². The number of carbonyl (C=O) groups is 1. The van der Waals surface area contributed by atoms with Crippen molar-refractivity contribution in [2.45, 2.75) is 38.6 Å². The van der Waals surface area contributed by atoms with Crippen LogP contribution in [-0.2, 0) is 21.4 Å². The Labute approximate surface area is 148 Å². The van der Waals surface area contributed by atoms with Crippen LogP contribution in [0.25, 0.3) is 0 Å². The fraction of sp³-hybridized carbons (Fsp3) is 0.389. The van der Waals surface area contributed by atoms with Crippen LogP contribution in [0.4, 0.5) is 0 Å². The second-order valence-corrected chi connectivity index (χ2v) is 7.92. The van der Waals surface area contributed by atoms with Crippen molar-refractivity contribution >= 4 is 15.9 Å². The van der Waals surface area contributed by atoms with Crippen molar-refractivity contribution < 1.29 is 17.6 Å². The lowest BCUT2D eigenvalue weighted by atomic mass is 10.1. The molecule has 136 valence electrons. The van der Waals surface area contributed by atoms with E-state index >= 15 is 0 Å². The second-order valence-electron chi connectivity index (χ2n) is 6.16. The number of hydrogen-bond donors (Lipinski definition) is 1. The van der Waals surface area contributed by atoms with E-state index in [9.17, 15) is 13.2 Å². The zero-order chi connectivity index (χ0) is 18.6. The highest BCUT2D eigenvalue weighted by atomic mass is 32.2. The number of sulfonamides is 1. The summed E-state index contributed by atoms with van der Waals surface area (Å²) in [6.45, 7) is 6.04. The Bertz CT molecular complexity index is 856. The van der Waals surface area contributed by atoms with Gasteiger partial charge in [0.25, 0.3) is 0 Å². The van der Waals surface area contributed by atoms with Gasteiger partial charge in [-0.2, -0.15) is 0 Å². The predicted molar refractivity (Wildman–Crippen MR) is 95.6 cm³/mol. The molecular formula is C18H24N2O4S. The number of carbonyl (C=O) groups excluding carboxylic acids is 1. The summed E-state index contributed by atoms with van der Waals surface area (Å²) in [5.41, 5.74) is 1.94. The van der Waals surface area contributed by atoms with E-state index in [-0.39, 0.29) is 23.8 Å². The number of amides is 1. The Morgan fingerprint density at radius 3 is 2.44 bits per heavy atom. The molecule has 0 aliphatic rings. The summed E-state index contributed by atoms with van der Waals surface area (Å²) in [6.07, 6.45) is 0.0836. The van der Waals surface area contributed by atoms with Gasteiger partial charge in [-0.1, -0.05) is 6.07 Å². The number of rotatable bonds is 7. The zero-order valence-corrected chi connectivity index (χ0v) is 15.8. The number of furan rings is 1. The lowest BCUT2D eigenvalue weighted by Gasteiger charge is -2.16. The third-order valence-electron chi connectivity index (χ3n) is 4.03. The highest BCUT2D eigenvalue weighted by Crippen LogP contribution is 2.14. The van der Waals surface area contributed by atoms with Gasteiger partial charge in [-0.05, 0) is 56.2 Å². The fourth-order valence-corrected chi connectivity index (χ4v) is 3.46. The maximum absolute atomic E-state index is 12.3. The highest BCUT2D eigenvalue weighted by molar-refractivity contribution is 7.89. The van der Waals surface area contributed by atoms with Crippen LogP contribution in [-0.4, -0.2) is 32.8 Å². The summed E-state index contributed by atoms with van der Waals surface area (Å²) in [4.78, 5) is 13.9. The average molecular weight is 364 g/mol. The molecule has 0 aliphatic carbocycles. The van der Waals surface area contributed by atoms with Crippen LogP contribution in [0.2, 0.25) is 0 Å². The molecule has 0 unspecified atom stereocenters. The van der Waals surface area contributed by atoms with Crippen LogP contribution in [0.3, 0.4) is 0 Å². The van der Waals surface area contributed by atoms with Crippen LogP contribution in [0, 0.1) is 20.8 Å². The standard InChI is InChI=1S/C18H24N2O4S/c1-13-5-8-17(11-14(13)2)25(22,23)19-10-9-18(21)20(4)12-16-7-6-15(3)24-16/h5-8,11,19H,9-10,12H2,1-4H3. The van der Waals surface area contributed by atoms with Gasteiger partial charge in [0, 0.05) is 20.0 Å². The minimum absolute atomic E-state index is 0.0512. The molecule has 0 fully saturated rings. The Balaban J connectivity index is 1.88. The molecule has 6 nitrogen and oxygen atoms in total. The molecule has 2 aromatic rings. The maximum atomic E-state index is 12.3. The van der Waals surface area contributed by atoms with Crippen molar-refractivity contribution in [3.63, 3.8) is 0 Å². The van der Waals surface area contributed by atoms with E-state index in [1.165, 1.54) is 4.90 Å². The molecule has 0 radical (unpaired) electrons. The number of nitrogens with zero attached hydrogens (tertiary/aromatic N) is 1. The molecule has 25 heavy (non-hydrogen) atoms. The van der Waals surface area contributed by atoms with Crippen LogP contribution in [0.15, 0.2) is 39.6 Å². The maximum Gasteiger partial charge on any atom is 0.240 e. The van der Waals surface area contributed by atoms with Gasteiger partial charge in [-0.25, -0.2) is 13.1 Å². The van der Waals surface area contributed by atoms with E-state index in [1.807, 2.05) is 32.9 Å². The van der Waals surface area contributed by atoms with Crippen LogP contribution in [0.5, 0.6) is 0 Å². The summed E-state index contributed by atoms with van der Waals surface area (Å²) in [7, 11) is -1.95. The van der Waals surface area contributed by atoms with Crippen molar-refractivity contribution in [3.8, 4) is 0 Å². The molecule has 0 spiro atoms. The van der Waals surface area contributed by atoms with E-state index < -0.39 is 10.0 Å². The van der Waals surface area contributed by atoms with Gasteiger partial charge in [-0.15, -0.1) is 0 Å². The van der Waals surface area contributed by atoms with E-state index in [0.717, 1.165) is 16.9 Å². The molecule has 1 heterocycles. The second kappa shape index (κ2) is 7.84. The molecule has 0 aliphatic heterocycles. The number of aryl methyl sites for hydroxylation is 3. The van der Waals surface area contributed by atoms with Gasteiger partial charge < -0.3 is 9.32 Å². The normalized spacial score (nSPS) is 11.5. The summed E-state index contributed by atoms with van der Waals surface area (Å²) < 4.78 is 32.5. The summed E-state index contributed by atoms with van der Waals surface area (Å²) in [5, 5.41) is 0. The van der Waals surface area contributed by atoms with Gasteiger partial charge in [-0.3, -0.25) is 4.79 Å². The minimum Gasteiger partial charge on any atom is -0.464 e. The fourth-order valence-electron chi connectivity index (χ4n) is 2.34. The molecule has 2 rings (SSSR count). The van der Waals surface area contributed by atoms with Crippen molar-refractivity contribution in [2.75, 3.05) is 13.6 Å². The molecule has 0 saturated heterocycles. The molecular weight excluding hydrogens is 340 g/mol. The quantitative estimate of drug-likeness (QED) is 0.819. The molecule has 1 N–H and O–H groups in total. The Kier molecular flexibility index (Phi) is 6.02. The average Bonchev–Trinajstić information content (AvgIpc) is 2.94. The number of benzene rings is 1. The van der Waals surface area contributed by atoms with E-state index in [0.29, 0.717) is 12.3 Å². The Hall–Kier alpha value is -2.12. The van der Waals surface area contributed by atoms with Crippen LogP contribution in [0.1, 0.15) is 29.1 Å². The monoisotopic (exact) mass is 364 g/mol. The highest BCUT2D eigenvalue weighted by Gasteiger charge is 2.16. The van der Waals surface area contributed by atoms with Crippen molar-refractivity contribution in [1.82, 2.24) is 9.62 Å². The van der Waals surface area contributed by atoms with E-state index in [4.69, 9.17) is 4.42 Å². The molecule has 1 aromatic heterocycles. The molecule has 7 heteroatoms. The zero-order valence-electron chi connectivity index (χ0n) is 15.0. The first-order chi connectivity index (χ1) is 11.7.